The van der Waals surface area contributed by atoms with Crippen LogP contribution in [0.4, 0.5) is 19.3 Å². The fourth-order valence-electron chi connectivity index (χ4n) is 6.50. The Kier molecular flexibility index (Phi) is 27.3. The van der Waals surface area contributed by atoms with Gasteiger partial charge in [0.25, 0.3) is 5.56 Å². The average Bonchev–Trinajstić information content (AvgIpc) is 3.70. The molecule has 0 amide bonds. The number of nitrogens with zero attached hydrogens (tertiary/aromatic N) is 10. The third-order valence-corrected chi connectivity index (χ3v) is 9.69. The smallest absolute Gasteiger partial charge is 0.403 e. The average molecular weight is 929 g/mol. The largest absolute Gasteiger partial charge is 0.466 e. The van der Waals surface area contributed by atoms with Crippen LogP contribution in [0.1, 0.15) is 133 Å². The predicted molar refractivity (Wildman–Crippen MR) is 242 cm³/mol. The number of ether oxygens (including phenoxy) is 3. The van der Waals surface area contributed by atoms with Crippen molar-refractivity contribution in [3.8, 4) is 0 Å². The van der Waals surface area contributed by atoms with E-state index in [0.717, 1.165) is 63.4 Å². The lowest BCUT2D eigenvalue weighted by Gasteiger charge is -2.33. The maximum Gasteiger partial charge on any atom is 0.403 e. The number of H-pyrrole nitrogens is 1. The van der Waals surface area contributed by atoms with Gasteiger partial charge >= 0.3 is 17.4 Å². The summed E-state index contributed by atoms with van der Waals surface area (Å²) in [7, 11) is 1.76. The van der Waals surface area contributed by atoms with E-state index < -0.39 is 28.8 Å². The minimum absolute atomic E-state index is 0.166. The van der Waals surface area contributed by atoms with Crippen molar-refractivity contribution in [1.29, 1.82) is 0 Å². The van der Waals surface area contributed by atoms with Gasteiger partial charge in [0.1, 0.15) is 23.8 Å². The van der Waals surface area contributed by atoms with Gasteiger partial charge in [-0.1, -0.05) is 80.7 Å². The quantitative estimate of drug-likeness (QED) is 0.0142. The number of hydrogen-bond acceptors (Lipinski definition) is 13. The molecule has 354 valence electrons. The molecule has 4 aromatic rings. The minimum Gasteiger partial charge on any atom is -0.466 e. The molecule has 0 bridgehead atoms. The van der Waals surface area contributed by atoms with E-state index in [1.807, 2.05) is 0 Å². The standard InChI is InChI=1S/C19H14F2N6O.C9H18O2.C8H15N3O2.C7H12ClN3O2/c1-27-18(22-8-23-27)15-16(9-2-4-10(20)5-3-9)24-13-7-11(21)6-12-14(13)17(15)25-26-19(12)28;1-3-4-5-6-7-8-11-9(2)10;1-8(12)13-7-5-3-2-4-6-10-11-9;8-7(12)13-6-4-2-1-3-5-10-11-9/h2-8,15-16,24H,1H3,(H,26,28);3-8H2,1-2H3;2-7H2,1H3;1-6H2/t15-,16-;;;/m1.../s1. The van der Waals surface area contributed by atoms with Crippen LogP contribution in [-0.4, -0.2) is 75.2 Å². The molecule has 0 spiro atoms. The number of anilines is 1. The summed E-state index contributed by atoms with van der Waals surface area (Å²) in [6, 6.07) is 8.14. The summed E-state index contributed by atoms with van der Waals surface area (Å²) in [4.78, 5) is 52.6. The van der Waals surface area contributed by atoms with Crippen LogP contribution in [0.25, 0.3) is 31.7 Å². The molecule has 0 fully saturated rings. The van der Waals surface area contributed by atoms with Gasteiger partial charge in [0.15, 0.2) is 0 Å². The van der Waals surface area contributed by atoms with Gasteiger partial charge in [0, 0.05) is 66.5 Å². The van der Waals surface area contributed by atoms with Gasteiger partial charge < -0.3 is 19.5 Å². The molecule has 0 radical (unpaired) electrons. The molecule has 2 N–H and O–H groups in total. The first-order valence-corrected chi connectivity index (χ1v) is 21.9. The van der Waals surface area contributed by atoms with Crippen LogP contribution in [-0.2, 0) is 30.8 Å². The van der Waals surface area contributed by atoms with E-state index in [9.17, 15) is 28.0 Å². The highest BCUT2D eigenvalue weighted by atomic mass is 35.5. The predicted octanol–water partition coefficient (Wildman–Crippen LogP) is 10.8. The minimum atomic E-state index is -0.755. The zero-order valence-corrected chi connectivity index (χ0v) is 38.1. The molecule has 0 saturated carbocycles. The number of azide groups is 2. The normalized spacial score (nSPS) is 13.1. The van der Waals surface area contributed by atoms with Crippen molar-refractivity contribution in [2.45, 2.75) is 116 Å². The number of carbonyl (C=O) groups is 3. The van der Waals surface area contributed by atoms with Crippen molar-refractivity contribution in [3.05, 3.63) is 103 Å². The van der Waals surface area contributed by atoms with Crippen LogP contribution in [0.3, 0.4) is 0 Å². The third kappa shape index (κ3) is 21.8. The summed E-state index contributed by atoms with van der Waals surface area (Å²) in [5.74, 6) is -1.11. The monoisotopic (exact) mass is 928 g/mol. The first-order valence-electron chi connectivity index (χ1n) is 21.5. The third-order valence-electron chi connectivity index (χ3n) is 9.58. The van der Waals surface area contributed by atoms with E-state index in [2.05, 4.69) is 57.3 Å². The van der Waals surface area contributed by atoms with E-state index >= 15 is 0 Å². The number of unbranched alkanes of at least 4 members (excludes halogenated alkanes) is 10. The summed E-state index contributed by atoms with van der Waals surface area (Å²) in [5.41, 5.74) is 16.5. The molecule has 19 nitrogen and oxygen atoms in total. The van der Waals surface area contributed by atoms with Gasteiger partial charge in [-0.25, -0.2) is 23.7 Å². The first kappa shape index (κ1) is 54.8. The number of aromatic nitrogens is 5. The van der Waals surface area contributed by atoms with Gasteiger partial charge in [-0.2, -0.15) is 10.2 Å². The highest BCUT2D eigenvalue weighted by Gasteiger charge is 2.37. The van der Waals surface area contributed by atoms with E-state index in [1.54, 1.807) is 23.9 Å². The number of hydrogen-bond donors (Lipinski definition) is 2. The summed E-state index contributed by atoms with van der Waals surface area (Å²) < 4.78 is 43.3. The Hall–Kier alpha value is -6.30. The van der Waals surface area contributed by atoms with Crippen molar-refractivity contribution >= 4 is 45.4 Å². The Labute approximate surface area is 381 Å². The van der Waals surface area contributed by atoms with Crippen molar-refractivity contribution in [3.63, 3.8) is 0 Å². The molecule has 2 aromatic heterocycles. The molecule has 0 unspecified atom stereocenters. The number of halogens is 3. The lowest BCUT2D eigenvalue weighted by atomic mass is 9.83. The molecule has 2 aromatic carbocycles. The second kappa shape index (κ2) is 32.4. The lowest BCUT2D eigenvalue weighted by molar-refractivity contribution is -0.142. The summed E-state index contributed by atoms with van der Waals surface area (Å²) in [6.45, 7) is 7.59. The van der Waals surface area contributed by atoms with E-state index in [0.29, 0.717) is 55.5 Å². The second-order valence-corrected chi connectivity index (χ2v) is 14.9. The van der Waals surface area contributed by atoms with Gasteiger partial charge in [-0.05, 0) is 73.0 Å². The molecular weight excluding hydrogens is 870 g/mol. The Morgan fingerprint density at radius 2 is 1.34 bits per heavy atom. The molecule has 1 aliphatic rings. The van der Waals surface area contributed by atoms with Crippen molar-refractivity contribution < 1.29 is 37.4 Å². The number of esters is 2. The van der Waals surface area contributed by atoms with Crippen molar-refractivity contribution in [2.24, 2.45) is 17.3 Å². The van der Waals surface area contributed by atoms with Crippen molar-refractivity contribution in [1.82, 2.24) is 25.0 Å². The van der Waals surface area contributed by atoms with Crippen LogP contribution in [0, 0.1) is 11.6 Å². The highest BCUT2D eigenvalue weighted by molar-refractivity contribution is 6.61. The van der Waals surface area contributed by atoms with E-state index in [1.165, 1.54) is 70.1 Å². The van der Waals surface area contributed by atoms with Crippen LogP contribution >= 0.6 is 11.6 Å². The zero-order valence-electron chi connectivity index (χ0n) is 37.4. The first-order chi connectivity index (χ1) is 31.3. The van der Waals surface area contributed by atoms with Gasteiger partial charge in [0.05, 0.1) is 42.9 Å². The van der Waals surface area contributed by atoms with Gasteiger partial charge in [-0.15, -0.1) is 0 Å². The Morgan fingerprint density at radius 1 is 0.800 bits per heavy atom. The number of benzene rings is 2. The molecule has 0 aliphatic carbocycles. The SMILES string of the molecule is CC(=O)OCCCCCCN=[N+]=[N-].CCCCCCCOC(C)=O.Cn1ncnc1[C@H]1c2n[nH]c(=O)c3cc(F)cc(c23)N[C@@H]1c1ccc(F)cc1.[N-]=[N+]=NCCCCCCOC(=O)Cl. The van der Waals surface area contributed by atoms with Crippen LogP contribution in [0.5, 0.6) is 0 Å². The summed E-state index contributed by atoms with van der Waals surface area (Å²) in [6.07, 6.45) is 14.8. The number of rotatable bonds is 22. The molecule has 22 heteroatoms. The maximum atomic E-state index is 14.1. The zero-order chi connectivity index (χ0) is 47.8. The molecule has 0 saturated heterocycles. The van der Waals surface area contributed by atoms with Crippen LogP contribution in [0.2, 0.25) is 0 Å². The Bertz CT molecular complexity index is 2160. The van der Waals surface area contributed by atoms with Gasteiger partial charge in [-0.3, -0.25) is 19.1 Å². The fraction of sp³-hybridized carbons (Fsp3) is 0.558. The van der Waals surface area contributed by atoms with E-state index in [-0.39, 0.29) is 23.1 Å². The summed E-state index contributed by atoms with van der Waals surface area (Å²) >= 11 is 4.94. The van der Waals surface area contributed by atoms with Crippen LogP contribution < -0.4 is 10.9 Å². The number of carbonyl (C=O) groups excluding carboxylic acids is 3. The lowest BCUT2D eigenvalue weighted by Crippen LogP contribution is -2.30. The highest BCUT2D eigenvalue weighted by Crippen LogP contribution is 2.45. The second-order valence-electron chi connectivity index (χ2n) is 14.6. The molecule has 5 rings (SSSR count). The Morgan fingerprint density at radius 3 is 1.83 bits per heavy atom. The topological polar surface area (TPSA) is 265 Å². The van der Waals surface area contributed by atoms with Crippen molar-refractivity contribution in [2.75, 3.05) is 38.2 Å². The molecule has 3 heterocycles. The van der Waals surface area contributed by atoms with Gasteiger partial charge in [0.2, 0.25) is 0 Å². The molecule has 1 aliphatic heterocycles. The van der Waals surface area contributed by atoms with Crippen LogP contribution in [0.15, 0.2) is 57.7 Å². The molecular formula is C43H59ClF2N12O7. The Balaban J connectivity index is 0.000000333. The summed E-state index contributed by atoms with van der Waals surface area (Å²) in [5, 5.41) is 21.7. The molecule has 65 heavy (non-hydrogen) atoms. The maximum absolute atomic E-state index is 14.1. The van der Waals surface area contributed by atoms with E-state index in [4.69, 9.17) is 32.1 Å². The fourth-order valence-corrected chi connectivity index (χ4v) is 6.57. The number of nitrogens with one attached hydrogen (secondary N) is 2. The number of aryl methyl sites for hydroxylation is 1. The molecule has 2 atom stereocenters. The number of aromatic amines is 1.